The smallest absolute Gasteiger partial charge is 0.115 e. The average molecular weight is 272 g/mol. The number of rotatable bonds is 3. The van der Waals surface area contributed by atoms with E-state index in [4.69, 9.17) is 5.73 Å². The van der Waals surface area contributed by atoms with Crippen LogP contribution in [0.1, 0.15) is 16.6 Å². The minimum atomic E-state index is 0.182. The van der Waals surface area contributed by atoms with Crippen LogP contribution in [0.15, 0.2) is 28.3 Å². The van der Waals surface area contributed by atoms with E-state index in [0.29, 0.717) is 6.54 Å². The van der Waals surface area contributed by atoms with Gasteiger partial charge in [-0.15, -0.1) is 11.3 Å². The van der Waals surface area contributed by atoms with Crippen molar-refractivity contribution in [3.8, 4) is 0 Å². The average Bonchev–Trinajstić information content (AvgIpc) is 2.79. The Morgan fingerprint density at radius 3 is 3.00 bits per heavy atom. The van der Waals surface area contributed by atoms with Gasteiger partial charge in [0, 0.05) is 33.7 Å². The highest BCUT2D eigenvalue weighted by atomic mass is 79.9. The molecule has 0 fully saturated rings. The number of halogens is 1. The Morgan fingerprint density at radius 2 is 2.50 bits per heavy atom. The zero-order chi connectivity index (χ0) is 9.97. The third kappa shape index (κ3) is 1.89. The monoisotopic (exact) mass is 271 g/mol. The molecule has 1 atom stereocenters. The molecule has 0 aliphatic rings. The van der Waals surface area contributed by atoms with Gasteiger partial charge in [0.05, 0.1) is 5.92 Å². The first kappa shape index (κ1) is 9.89. The van der Waals surface area contributed by atoms with Gasteiger partial charge in [0.2, 0.25) is 0 Å². The quantitative estimate of drug-likeness (QED) is 0.901. The maximum atomic E-state index is 5.74. The maximum absolute atomic E-state index is 5.74. The van der Waals surface area contributed by atoms with Gasteiger partial charge >= 0.3 is 0 Å². The van der Waals surface area contributed by atoms with Crippen LogP contribution >= 0.6 is 27.3 Å². The maximum Gasteiger partial charge on any atom is 0.115 e. The highest BCUT2D eigenvalue weighted by Crippen LogP contribution is 2.29. The molecule has 14 heavy (non-hydrogen) atoms. The Hall–Kier alpha value is -0.650. The molecule has 2 rings (SSSR count). The summed E-state index contributed by atoms with van der Waals surface area (Å²) in [4.78, 5) is 8.56. The molecule has 3 N–H and O–H groups in total. The van der Waals surface area contributed by atoms with Crippen molar-refractivity contribution in [1.29, 1.82) is 0 Å². The van der Waals surface area contributed by atoms with Gasteiger partial charge < -0.3 is 10.7 Å². The first-order chi connectivity index (χ1) is 6.81. The van der Waals surface area contributed by atoms with E-state index in [9.17, 15) is 0 Å². The number of H-pyrrole nitrogens is 1. The number of hydrogen-bond donors (Lipinski definition) is 2. The van der Waals surface area contributed by atoms with Crippen molar-refractivity contribution in [2.45, 2.75) is 5.92 Å². The molecule has 0 saturated heterocycles. The van der Waals surface area contributed by atoms with Crippen LogP contribution in [0.4, 0.5) is 0 Å². The molecule has 0 aliphatic heterocycles. The number of aromatic nitrogens is 2. The normalized spacial score (nSPS) is 13.0. The van der Waals surface area contributed by atoms with E-state index in [1.165, 1.54) is 4.88 Å². The van der Waals surface area contributed by atoms with Gasteiger partial charge in [0.25, 0.3) is 0 Å². The number of nitrogens with two attached hydrogens (primary N) is 1. The Kier molecular flexibility index (Phi) is 3.00. The molecule has 0 aliphatic carbocycles. The summed E-state index contributed by atoms with van der Waals surface area (Å²) in [5.74, 6) is 1.11. The summed E-state index contributed by atoms with van der Waals surface area (Å²) >= 11 is 5.13. The second-order valence-electron chi connectivity index (χ2n) is 2.93. The summed E-state index contributed by atoms with van der Waals surface area (Å²) in [5.41, 5.74) is 5.74. The minimum absolute atomic E-state index is 0.182. The van der Waals surface area contributed by atoms with Crippen LogP contribution in [0.3, 0.4) is 0 Å². The number of imidazole rings is 1. The van der Waals surface area contributed by atoms with Crippen LogP contribution in [-0.2, 0) is 0 Å². The van der Waals surface area contributed by atoms with Crippen LogP contribution < -0.4 is 5.73 Å². The van der Waals surface area contributed by atoms with E-state index < -0.39 is 0 Å². The van der Waals surface area contributed by atoms with E-state index in [0.717, 1.165) is 10.3 Å². The number of nitrogens with zero attached hydrogens (tertiary/aromatic N) is 1. The van der Waals surface area contributed by atoms with Crippen molar-refractivity contribution in [3.63, 3.8) is 0 Å². The predicted octanol–water partition coefficient (Wildman–Crippen LogP) is 2.32. The second-order valence-corrected chi connectivity index (χ2v) is 4.79. The van der Waals surface area contributed by atoms with E-state index in [1.54, 1.807) is 17.5 Å². The fraction of sp³-hybridized carbons (Fsp3) is 0.222. The minimum Gasteiger partial charge on any atom is -0.348 e. The van der Waals surface area contributed by atoms with Gasteiger partial charge in [-0.1, -0.05) is 0 Å². The van der Waals surface area contributed by atoms with Crippen LogP contribution in [0.2, 0.25) is 0 Å². The topological polar surface area (TPSA) is 54.7 Å². The lowest BCUT2D eigenvalue weighted by molar-refractivity contribution is 0.778. The van der Waals surface area contributed by atoms with Crippen LogP contribution in [0.25, 0.3) is 0 Å². The molecule has 2 heterocycles. The molecule has 3 nitrogen and oxygen atoms in total. The standard InChI is InChI=1S/C9H10BrN3S/c10-6-3-8(14-5-6)7(4-11)9-12-1-2-13-9/h1-3,5,7H,4,11H2,(H,12,13). The Bertz CT molecular complexity index is 396. The van der Waals surface area contributed by atoms with Crippen molar-refractivity contribution in [2.24, 2.45) is 5.73 Å². The van der Waals surface area contributed by atoms with Crippen molar-refractivity contribution < 1.29 is 0 Å². The van der Waals surface area contributed by atoms with Crippen LogP contribution in [0, 0.1) is 0 Å². The molecule has 2 aromatic rings. The van der Waals surface area contributed by atoms with E-state index in [-0.39, 0.29) is 5.92 Å². The molecule has 0 saturated carbocycles. The lowest BCUT2D eigenvalue weighted by Gasteiger charge is -2.08. The molecule has 0 aromatic carbocycles. The molecule has 0 amide bonds. The Balaban J connectivity index is 2.31. The number of aromatic amines is 1. The zero-order valence-corrected chi connectivity index (χ0v) is 9.81. The van der Waals surface area contributed by atoms with Crippen LogP contribution in [0.5, 0.6) is 0 Å². The summed E-state index contributed by atoms with van der Waals surface area (Å²) in [5, 5.41) is 2.06. The molecule has 2 aromatic heterocycles. The molecule has 74 valence electrons. The molecular weight excluding hydrogens is 262 g/mol. The fourth-order valence-corrected chi connectivity index (χ4v) is 2.90. The van der Waals surface area contributed by atoms with E-state index >= 15 is 0 Å². The third-order valence-electron chi connectivity index (χ3n) is 2.02. The fourth-order valence-electron chi connectivity index (χ4n) is 1.34. The van der Waals surface area contributed by atoms with Gasteiger partial charge in [0.15, 0.2) is 0 Å². The largest absolute Gasteiger partial charge is 0.348 e. The van der Waals surface area contributed by atoms with E-state index in [1.807, 2.05) is 6.20 Å². The van der Waals surface area contributed by atoms with Gasteiger partial charge in [-0.05, 0) is 22.0 Å². The first-order valence-corrected chi connectivity index (χ1v) is 5.92. The summed E-state index contributed by atoms with van der Waals surface area (Å²) in [6, 6.07) is 2.09. The number of nitrogens with one attached hydrogen (secondary N) is 1. The zero-order valence-electron chi connectivity index (χ0n) is 7.40. The summed E-state index contributed by atoms with van der Waals surface area (Å²) in [6.07, 6.45) is 3.57. The number of hydrogen-bond acceptors (Lipinski definition) is 3. The first-order valence-electron chi connectivity index (χ1n) is 4.24. The SMILES string of the molecule is NCC(c1ncc[nH]1)c1cc(Br)cs1. The van der Waals surface area contributed by atoms with Crippen molar-refractivity contribution in [3.05, 3.63) is 39.0 Å². The molecular formula is C9H10BrN3S. The highest BCUT2D eigenvalue weighted by molar-refractivity contribution is 9.10. The van der Waals surface area contributed by atoms with Crippen molar-refractivity contribution >= 4 is 27.3 Å². The third-order valence-corrected chi connectivity index (χ3v) is 3.82. The van der Waals surface area contributed by atoms with Crippen molar-refractivity contribution in [1.82, 2.24) is 9.97 Å². The summed E-state index contributed by atoms with van der Waals surface area (Å²) < 4.78 is 1.10. The lowest BCUT2D eigenvalue weighted by Crippen LogP contribution is -2.13. The van der Waals surface area contributed by atoms with E-state index in [2.05, 4.69) is 37.3 Å². The van der Waals surface area contributed by atoms with Gasteiger partial charge in [-0.3, -0.25) is 0 Å². The highest BCUT2D eigenvalue weighted by Gasteiger charge is 2.16. The molecule has 0 spiro atoms. The van der Waals surface area contributed by atoms with Gasteiger partial charge in [-0.2, -0.15) is 0 Å². The summed E-state index contributed by atoms with van der Waals surface area (Å²) in [6.45, 7) is 0.570. The number of thiophene rings is 1. The second kappa shape index (κ2) is 4.25. The van der Waals surface area contributed by atoms with Gasteiger partial charge in [0.1, 0.15) is 5.82 Å². The van der Waals surface area contributed by atoms with Crippen molar-refractivity contribution in [2.75, 3.05) is 6.54 Å². The molecule has 0 radical (unpaired) electrons. The Morgan fingerprint density at radius 1 is 1.64 bits per heavy atom. The lowest BCUT2D eigenvalue weighted by atomic mass is 10.1. The molecule has 5 heteroatoms. The summed E-state index contributed by atoms with van der Waals surface area (Å²) in [7, 11) is 0. The van der Waals surface area contributed by atoms with Crippen LogP contribution in [-0.4, -0.2) is 16.5 Å². The van der Waals surface area contributed by atoms with Gasteiger partial charge in [-0.25, -0.2) is 4.98 Å². The molecule has 0 bridgehead atoms. The Labute approximate surface area is 94.5 Å². The predicted molar refractivity (Wildman–Crippen MR) is 61.5 cm³/mol. The molecule has 1 unspecified atom stereocenters.